The second-order valence-electron chi connectivity index (χ2n) is 6.13. The molecule has 0 atom stereocenters. The van der Waals surface area contributed by atoms with Crippen molar-refractivity contribution in [1.82, 2.24) is 0 Å². The predicted octanol–water partition coefficient (Wildman–Crippen LogP) is 6.33. The second-order valence-corrected chi connectivity index (χ2v) is 22.0. The van der Waals surface area contributed by atoms with Crippen LogP contribution in [0.3, 0.4) is 0 Å². The molecule has 0 spiro atoms. The van der Waals surface area contributed by atoms with Crippen LogP contribution in [-0.2, 0) is 0 Å². The summed E-state index contributed by atoms with van der Waals surface area (Å²) in [5.74, 6) is 0.425. The SMILES string of the molecule is C=C[C]1([Sn]([CH2]C)([CH2]C)[CH2]C)C=CC(c2ccccc2)C=C1. The predicted molar refractivity (Wildman–Crippen MR) is 97.6 cm³/mol. The Morgan fingerprint density at radius 1 is 1.00 bits per heavy atom. The molecule has 0 amide bonds. The third-order valence-corrected chi connectivity index (χ3v) is 24.0. The van der Waals surface area contributed by atoms with Crippen LogP contribution in [0.2, 0.25) is 16.7 Å². The first-order chi connectivity index (χ1) is 10.2. The van der Waals surface area contributed by atoms with Gasteiger partial charge >= 0.3 is 135 Å². The number of hydrogen-bond acceptors (Lipinski definition) is 0. The minimum atomic E-state index is -2.24. The molecular weight excluding hydrogens is 359 g/mol. The molecule has 0 aromatic heterocycles. The van der Waals surface area contributed by atoms with E-state index >= 15 is 0 Å². The summed E-state index contributed by atoms with van der Waals surface area (Å²) in [6.45, 7) is 11.4. The van der Waals surface area contributed by atoms with Crippen LogP contribution in [0, 0.1) is 0 Å². The summed E-state index contributed by atoms with van der Waals surface area (Å²) < 4.78 is 4.37. The molecule has 0 radical (unpaired) electrons. The Labute approximate surface area is 134 Å². The van der Waals surface area contributed by atoms with Gasteiger partial charge in [0.1, 0.15) is 0 Å². The van der Waals surface area contributed by atoms with Crippen LogP contribution < -0.4 is 0 Å². The summed E-state index contributed by atoms with van der Waals surface area (Å²) in [5.41, 5.74) is 1.38. The minimum absolute atomic E-state index is 0.207. The number of allylic oxidation sites excluding steroid dienone is 5. The topological polar surface area (TPSA) is 0 Å². The van der Waals surface area contributed by atoms with Crippen LogP contribution >= 0.6 is 0 Å². The molecule has 0 saturated carbocycles. The van der Waals surface area contributed by atoms with Gasteiger partial charge in [-0.25, -0.2) is 0 Å². The van der Waals surface area contributed by atoms with Crippen molar-refractivity contribution in [3.8, 4) is 0 Å². The van der Waals surface area contributed by atoms with E-state index < -0.39 is 18.4 Å². The first-order valence-corrected chi connectivity index (χ1v) is 15.7. The van der Waals surface area contributed by atoms with Crippen LogP contribution in [0.4, 0.5) is 0 Å². The van der Waals surface area contributed by atoms with Crippen molar-refractivity contribution in [2.45, 2.75) is 43.4 Å². The van der Waals surface area contributed by atoms with Gasteiger partial charge in [-0.1, -0.05) is 0 Å². The Bertz CT molecular complexity index is 498. The van der Waals surface area contributed by atoms with Gasteiger partial charge in [0.2, 0.25) is 0 Å². The van der Waals surface area contributed by atoms with Gasteiger partial charge < -0.3 is 0 Å². The Morgan fingerprint density at radius 3 is 1.95 bits per heavy atom. The van der Waals surface area contributed by atoms with E-state index in [0.717, 1.165) is 0 Å². The van der Waals surface area contributed by atoms with Crippen molar-refractivity contribution < 1.29 is 0 Å². The van der Waals surface area contributed by atoms with Crippen molar-refractivity contribution in [2.75, 3.05) is 0 Å². The average molecular weight is 387 g/mol. The monoisotopic (exact) mass is 388 g/mol. The van der Waals surface area contributed by atoms with Gasteiger partial charge in [-0.05, 0) is 0 Å². The van der Waals surface area contributed by atoms with E-state index in [0.29, 0.717) is 5.92 Å². The van der Waals surface area contributed by atoms with Crippen LogP contribution in [0.15, 0.2) is 67.3 Å². The van der Waals surface area contributed by atoms with Gasteiger partial charge in [0, 0.05) is 0 Å². The molecule has 1 aromatic rings. The summed E-state index contributed by atoms with van der Waals surface area (Å²) in [6, 6.07) is 10.8. The third kappa shape index (κ3) is 2.92. The molecule has 1 aromatic carbocycles. The molecule has 112 valence electrons. The zero-order valence-corrected chi connectivity index (χ0v) is 16.5. The van der Waals surface area contributed by atoms with Crippen LogP contribution in [0.1, 0.15) is 32.3 Å². The van der Waals surface area contributed by atoms with E-state index in [2.05, 4.69) is 88.1 Å². The summed E-state index contributed by atoms with van der Waals surface area (Å²) in [4.78, 5) is 0. The van der Waals surface area contributed by atoms with E-state index in [4.69, 9.17) is 0 Å². The maximum atomic E-state index is 4.21. The molecule has 0 N–H and O–H groups in total. The van der Waals surface area contributed by atoms with Gasteiger partial charge in [0.15, 0.2) is 0 Å². The standard InChI is InChI=1S/C14H13.3C2H5.Sn/c1-2-12-8-10-14(11-9-12)13-6-4-3-5-7-13;3*1-2;/h2-11,14H,1H2;3*1H2,2H3;. The Balaban J connectivity index is 2.34. The summed E-state index contributed by atoms with van der Waals surface area (Å²) in [6.07, 6.45) is 12.0. The number of hydrogen-bond donors (Lipinski definition) is 0. The Morgan fingerprint density at radius 2 is 1.52 bits per heavy atom. The Kier molecular flexibility index (Phi) is 5.53. The van der Waals surface area contributed by atoms with Crippen LogP contribution in [0.5, 0.6) is 0 Å². The fourth-order valence-electron chi connectivity index (χ4n) is 3.92. The van der Waals surface area contributed by atoms with Gasteiger partial charge in [-0.15, -0.1) is 0 Å². The van der Waals surface area contributed by atoms with Crippen LogP contribution in [-0.4, -0.2) is 18.4 Å². The third-order valence-electron chi connectivity index (χ3n) is 5.63. The molecule has 0 aliphatic heterocycles. The van der Waals surface area contributed by atoms with Crippen molar-refractivity contribution in [3.63, 3.8) is 0 Å². The zero-order valence-electron chi connectivity index (χ0n) is 13.7. The molecule has 2 rings (SSSR count). The first kappa shape index (κ1) is 16.6. The summed E-state index contributed by atoms with van der Waals surface area (Å²) in [5, 5.41) is 0. The molecule has 1 aliphatic rings. The molecule has 0 nitrogen and oxygen atoms in total. The van der Waals surface area contributed by atoms with Crippen molar-refractivity contribution >= 4 is 18.4 Å². The number of rotatable bonds is 6. The molecule has 0 saturated heterocycles. The van der Waals surface area contributed by atoms with Gasteiger partial charge in [0.05, 0.1) is 0 Å². The average Bonchev–Trinajstić information content (AvgIpc) is 2.58. The van der Waals surface area contributed by atoms with Gasteiger partial charge in [-0.3, -0.25) is 0 Å². The maximum absolute atomic E-state index is 4.21. The van der Waals surface area contributed by atoms with Crippen molar-refractivity contribution in [2.24, 2.45) is 0 Å². The van der Waals surface area contributed by atoms with Crippen LogP contribution in [0.25, 0.3) is 0 Å². The molecule has 0 fully saturated rings. The molecule has 0 heterocycles. The molecule has 21 heavy (non-hydrogen) atoms. The first-order valence-electron chi connectivity index (χ1n) is 8.24. The second kappa shape index (κ2) is 7.00. The molecule has 0 unspecified atom stereocenters. The van der Waals surface area contributed by atoms with E-state index in [-0.39, 0.29) is 3.43 Å². The molecule has 1 aliphatic carbocycles. The van der Waals surface area contributed by atoms with E-state index in [1.807, 2.05) is 0 Å². The molecule has 0 bridgehead atoms. The summed E-state index contributed by atoms with van der Waals surface area (Å²) >= 11 is -2.24. The fourth-order valence-corrected chi connectivity index (χ4v) is 17.2. The molecular formula is C20H28Sn. The zero-order chi connectivity index (χ0) is 15.3. The number of benzene rings is 1. The van der Waals surface area contributed by atoms with Gasteiger partial charge in [0.25, 0.3) is 0 Å². The fraction of sp³-hybridized carbons (Fsp3) is 0.400. The van der Waals surface area contributed by atoms with E-state index in [1.165, 1.54) is 18.9 Å². The molecule has 1 heteroatoms. The van der Waals surface area contributed by atoms with Crippen molar-refractivity contribution in [1.29, 1.82) is 0 Å². The summed E-state index contributed by atoms with van der Waals surface area (Å²) in [7, 11) is 0. The normalized spacial score (nSPS) is 25.0. The van der Waals surface area contributed by atoms with E-state index in [9.17, 15) is 0 Å². The van der Waals surface area contributed by atoms with E-state index in [1.54, 1.807) is 0 Å². The quantitative estimate of drug-likeness (QED) is 0.395. The van der Waals surface area contributed by atoms with Crippen molar-refractivity contribution in [3.05, 3.63) is 72.9 Å². The van der Waals surface area contributed by atoms with Gasteiger partial charge in [-0.2, -0.15) is 0 Å². The Hall–Kier alpha value is -0.761.